The van der Waals surface area contributed by atoms with Crippen LogP contribution in [0, 0.1) is 17.5 Å². The monoisotopic (exact) mass is 247 g/mol. The van der Waals surface area contributed by atoms with Crippen LogP contribution in [0.25, 0.3) is 0 Å². The van der Waals surface area contributed by atoms with Crippen molar-refractivity contribution in [3.05, 3.63) is 35.1 Å². The van der Waals surface area contributed by atoms with Crippen LogP contribution in [0.15, 0.2) is 12.1 Å². The molecule has 0 radical (unpaired) electrons. The zero-order valence-electron chi connectivity index (χ0n) is 9.17. The van der Waals surface area contributed by atoms with E-state index >= 15 is 0 Å². The number of carbonyl (C=O) groups is 1. The third-order valence-electron chi connectivity index (χ3n) is 2.13. The third kappa shape index (κ3) is 3.45. The minimum absolute atomic E-state index is 0.172. The smallest absolute Gasteiger partial charge is 0.307 e. The van der Waals surface area contributed by atoms with Crippen LogP contribution in [0.5, 0.6) is 0 Å². The van der Waals surface area contributed by atoms with E-state index in [-0.39, 0.29) is 18.6 Å². The van der Waals surface area contributed by atoms with E-state index in [1.807, 2.05) is 0 Å². The first-order valence-corrected chi connectivity index (χ1v) is 5.01. The highest BCUT2D eigenvalue weighted by Crippen LogP contribution is 2.21. The van der Waals surface area contributed by atoms with Gasteiger partial charge >= 0.3 is 5.97 Å². The van der Waals surface area contributed by atoms with Gasteiger partial charge in [-0.25, -0.2) is 13.2 Å². The lowest BCUT2D eigenvalue weighted by Gasteiger charge is -2.12. The number of hydrogen-bond donors (Lipinski definition) is 1. The van der Waals surface area contributed by atoms with Gasteiger partial charge in [0.1, 0.15) is 5.82 Å². The van der Waals surface area contributed by atoms with Gasteiger partial charge in [-0.1, -0.05) is 0 Å². The van der Waals surface area contributed by atoms with Crippen LogP contribution in [0.3, 0.4) is 0 Å². The summed E-state index contributed by atoms with van der Waals surface area (Å²) in [7, 11) is 0. The Bertz CT molecular complexity index is 423. The molecule has 0 aliphatic rings. The largest absolute Gasteiger partial charge is 0.466 e. The molecule has 3 nitrogen and oxygen atoms in total. The van der Waals surface area contributed by atoms with Gasteiger partial charge in [-0.2, -0.15) is 0 Å². The van der Waals surface area contributed by atoms with Gasteiger partial charge in [-0.3, -0.25) is 4.79 Å². The fraction of sp³-hybridized carbons (Fsp3) is 0.364. The molecule has 2 N–H and O–H groups in total. The molecule has 6 heteroatoms. The topological polar surface area (TPSA) is 52.3 Å². The van der Waals surface area contributed by atoms with Crippen molar-refractivity contribution in [2.45, 2.75) is 19.4 Å². The second-order valence-corrected chi connectivity index (χ2v) is 3.40. The molecule has 0 unspecified atom stereocenters. The second-order valence-electron chi connectivity index (χ2n) is 3.40. The lowest BCUT2D eigenvalue weighted by atomic mass is 10.0. The van der Waals surface area contributed by atoms with E-state index < -0.39 is 29.5 Å². The van der Waals surface area contributed by atoms with Gasteiger partial charge in [0.15, 0.2) is 11.6 Å². The molecule has 0 fully saturated rings. The molecular formula is C11H12F3NO2. The second kappa shape index (κ2) is 5.67. The van der Waals surface area contributed by atoms with Crippen LogP contribution in [0.4, 0.5) is 13.2 Å². The van der Waals surface area contributed by atoms with Crippen molar-refractivity contribution in [2.75, 3.05) is 6.61 Å². The Kier molecular flexibility index (Phi) is 4.51. The van der Waals surface area contributed by atoms with Crippen LogP contribution >= 0.6 is 0 Å². The molecule has 1 atom stereocenters. The molecule has 1 aromatic rings. The summed E-state index contributed by atoms with van der Waals surface area (Å²) >= 11 is 0. The predicted molar refractivity (Wildman–Crippen MR) is 54.5 cm³/mol. The molecule has 0 saturated heterocycles. The van der Waals surface area contributed by atoms with Gasteiger partial charge in [0, 0.05) is 17.7 Å². The first-order valence-electron chi connectivity index (χ1n) is 5.01. The number of hydrogen-bond acceptors (Lipinski definition) is 3. The summed E-state index contributed by atoms with van der Waals surface area (Å²) in [5, 5.41) is 0. The minimum atomic E-state index is -1.30. The highest BCUT2D eigenvalue weighted by atomic mass is 19.2. The molecule has 17 heavy (non-hydrogen) atoms. The van der Waals surface area contributed by atoms with Crippen molar-refractivity contribution in [3.63, 3.8) is 0 Å². The van der Waals surface area contributed by atoms with Crippen molar-refractivity contribution in [2.24, 2.45) is 5.73 Å². The quantitative estimate of drug-likeness (QED) is 0.654. The number of halogens is 3. The number of rotatable bonds is 4. The molecule has 0 amide bonds. The van der Waals surface area contributed by atoms with E-state index in [1.165, 1.54) is 0 Å². The number of esters is 1. The number of carbonyl (C=O) groups excluding carboxylic acids is 1. The summed E-state index contributed by atoms with van der Waals surface area (Å²) in [5.74, 6) is -4.11. The molecule has 0 aromatic heterocycles. The van der Waals surface area contributed by atoms with Crippen LogP contribution < -0.4 is 5.73 Å². The van der Waals surface area contributed by atoms with E-state index in [0.717, 1.165) is 0 Å². The molecule has 0 aliphatic carbocycles. The predicted octanol–water partition coefficient (Wildman–Crippen LogP) is 2.06. The molecule has 0 saturated carbocycles. The molecule has 0 spiro atoms. The van der Waals surface area contributed by atoms with Gasteiger partial charge < -0.3 is 10.5 Å². The van der Waals surface area contributed by atoms with E-state index in [9.17, 15) is 18.0 Å². The SMILES string of the molecule is CCOC(=O)C[C@@H](N)c1cc(F)c(F)cc1F. The lowest BCUT2D eigenvalue weighted by Crippen LogP contribution is -2.18. The fourth-order valence-electron chi connectivity index (χ4n) is 1.33. The molecule has 0 aliphatic heterocycles. The highest BCUT2D eigenvalue weighted by Gasteiger charge is 2.18. The van der Waals surface area contributed by atoms with E-state index in [1.54, 1.807) is 6.92 Å². The van der Waals surface area contributed by atoms with Crippen LogP contribution in [-0.4, -0.2) is 12.6 Å². The van der Waals surface area contributed by atoms with Gasteiger partial charge in [-0.05, 0) is 13.0 Å². The Hall–Kier alpha value is -1.56. The summed E-state index contributed by atoms with van der Waals surface area (Å²) < 4.78 is 43.4. The maximum Gasteiger partial charge on any atom is 0.307 e. The zero-order valence-corrected chi connectivity index (χ0v) is 9.17. The zero-order chi connectivity index (χ0) is 13.0. The van der Waals surface area contributed by atoms with Gasteiger partial charge in [-0.15, -0.1) is 0 Å². The van der Waals surface area contributed by atoms with Crippen molar-refractivity contribution >= 4 is 5.97 Å². The average Bonchev–Trinajstić information content (AvgIpc) is 2.23. The Balaban J connectivity index is 2.85. The Morgan fingerprint density at radius 1 is 1.29 bits per heavy atom. The first-order chi connectivity index (χ1) is 7.95. The van der Waals surface area contributed by atoms with E-state index in [4.69, 9.17) is 5.73 Å². The maximum atomic E-state index is 13.3. The molecule has 94 valence electrons. The summed E-state index contributed by atoms with van der Waals surface area (Å²) in [4.78, 5) is 11.1. The van der Waals surface area contributed by atoms with Crippen LogP contribution in [-0.2, 0) is 9.53 Å². The summed E-state index contributed by atoms with van der Waals surface area (Å²) in [6.45, 7) is 1.79. The fourth-order valence-corrected chi connectivity index (χ4v) is 1.33. The van der Waals surface area contributed by atoms with E-state index in [0.29, 0.717) is 12.1 Å². The van der Waals surface area contributed by atoms with Gasteiger partial charge in [0.2, 0.25) is 0 Å². The van der Waals surface area contributed by atoms with Crippen molar-refractivity contribution in [1.29, 1.82) is 0 Å². The number of benzene rings is 1. The van der Waals surface area contributed by atoms with Crippen molar-refractivity contribution < 1.29 is 22.7 Å². The lowest BCUT2D eigenvalue weighted by molar-refractivity contribution is -0.143. The number of nitrogens with two attached hydrogens (primary N) is 1. The molecular weight excluding hydrogens is 235 g/mol. The van der Waals surface area contributed by atoms with E-state index in [2.05, 4.69) is 4.74 Å². The maximum absolute atomic E-state index is 13.3. The van der Waals surface area contributed by atoms with Crippen LogP contribution in [0.1, 0.15) is 24.9 Å². The third-order valence-corrected chi connectivity index (χ3v) is 2.13. The Morgan fingerprint density at radius 2 is 1.88 bits per heavy atom. The Labute approximate surface area is 96.4 Å². The number of ether oxygens (including phenoxy) is 1. The summed E-state index contributed by atoms with van der Waals surface area (Å²) in [6, 6.07) is -0.0197. The summed E-state index contributed by atoms with van der Waals surface area (Å²) in [5.41, 5.74) is 5.26. The van der Waals surface area contributed by atoms with Crippen LogP contribution in [0.2, 0.25) is 0 Å². The minimum Gasteiger partial charge on any atom is -0.466 e. The molecule has 0 heterocycles. The van der Waals surface area contributed by atoms with Gasteiger partial charge in [0.25, 0.3) is 0 Å². The first kappa shape index (κ1) is 13.5. The highest BCUT2D eigenvalue weighted by molar-refractivity contribution is 5.70. The average molecular weight is 247 g/mol. The van der Waals surface area contributed by atoms with Gasteiger partial charge in [0.05, 0.1) is 13.0 Å². The van der Waals surface area contributed by atoms with Crippen molar-refractivity contribution in [3.8, 4) is 0 Å². The molecule has 1 rings (SSSR count). The molecule has 1 aromatic carbocycles. The normalized spacial score (nSPS) is 12.3. The standard InChI is InChI=1S/C11H12F3NO2/c1-2-17-11(16)5-10(15)6-3-8(13)9(14)4-7(6)12/h3-4,10H,2,5,15H2,1H3/t10-/m1/s1. The summed E-state index contributed by atoms with van der Waals surface area (Å²) in [6.07, 6.45) is -0.296. The van der Waals surface area contributed by atoms with Crippen molar-refractivity contribution in [1.82, 2.24) is 0 Å². The molecule has 0 bridgehead atoms. The Morgan fingerprint density at radius 3 is 2.47 bits per heavy atom.